The second-order valence-corrected chi connectivity index (χ2v) is 5.78. The topological polar surface area (TPSA) is 0 Å². The Labute approximate surface area is 89.7 Å². The van der Waals surface area contributed by atoms with Crippen molar-refractivity contribution in [3.05, 3.63) is 44.8 Å². The van der Waals surface area contributed by atoms with Crippen LogP contribution >= 0.6 is 0 Å². The summed E-state index contributed by atoms with van der Waals surface area (Å²) in [5, 5.41) is 0. The fourth-order valence-corrected chi connectivity index (χ4v) is 2.44. The summed E-state index contributed by atoms with van der Waals surface area (Å²) in [5.41, 5.74) is 0. The summed E-state index contributed by atoms with van der Waals surface area (Å²) in [5.74, 6) is 0. The van der Waals surface area contributed by atoms with E-state index in [1.165, 1.54) is 8.33 Å². The van der Waals surface area contributed by atoms with E-state index in [-0.39, 0.29) is 17.1 Å². The molecule has 0 radical (unpaired) electrons. The Morgan fingerprint density at radius 1 is 0.846 bits per heavy atom. The van der Waals surface area contributed by atoms with Crippen molar-refractivity contribution in [2.75, 3.05) is 0 Å². The molecule has 0 N–H and O–H groups in total. The van der Waals surface area contributed by atoms with E-state index in [0.29, 0.717) is 0 Å². The monoisotopic (exact) mass is 264 g/mol. The SMILES string of the molecule is CC=CC=[C](C)[Ru][C](C)=CC=CC. The zero-order valence-electron chi connectivity index (χ0n) is 8.82. The van der Waals surface area contributed by atoms with E-state index in [4.69, 9.17) is 0 Å². The second-order valence-electron chi connectivity index (χ2n) is 2.61. The van der Waals surface area contributed by atoms with Gasteiger partial charge in [-0.2, -0.15) is 0 Å². The van der Waals surface area contributed by atoms with Crippen molar-refractivity contribution in [1.82, 2.24) is 0 Å². The zero-order valence-corrected chi connectivity index (χ0v) is 10.6. The summed E-state index contributed by atoms with van der Waals surface area (Å²) in [6, 6.07) is 0. The van der Waals surface area contributed by atoms with Gasteiger partial charge < -0.3 is 0 Å². The van der Waals surface area contributed by atoms with Crippen LogP contribution in [0, 0.1) is 0 Å². The minimum atomic E-state index is 0.270. The van der Waals surface area contributed by atoms with Gasteiger partial charge in [0, 0.05) is 0 Å². The van der Waals surface area contributed by atoms with Crippen LogP contribution in [0.4, 0.5) is 0 Å². The summed E-state index contributed by atoms with van der Waals surface area (Å²) >= 11 is 0.270. The minimum absolute atomic E-state index is 0.270. The number of hydrogen-bond donors (Lipinski definition) is 0. The van der Waals surface area contributed by atoms with Gasteiger partial charge in [-0.3, -0.25) is 0 Å². The van der Waals surface area contributed by atoms with E-state index in [1.807, 2.05) is 13.8 Å². The number of rotatable bonds is 4. The van der Waals surface area contributed by atoms with Gasteiger partial charge in [-0.25, -0.2) is 0 Å². The Morgan fingerprint density at radius 2 is 1.23 bits per heavy atom. The van der Waals surface area contributed by atoms with Crippen molar-refractivity contribution in [1.29, 1.82) is 0 Å². The third kappa shape index (κ3) is 7.93. The molecule has 0 nitrogen and oxygen atoms in total. The van der Waals surface area contributed by atoms with Gasteiger partial charge in [0.1, 0.15) is 0 Å². The average Bonchev–Trinajstić information content (AvgIpc) is 2.11. The molecule has 1 heteroatoms. The Bertz CT molecular complexity index is 216. The van der Waals surface area contributed by atoms with E-state index >= 15 is 0 Å². The van der Waals surface area contributed by atoms with Crippen LogP contribution in [0.1, 0.15) is 27.7 Å². The Morgan fingerprint density at radius 3 is 1.54 bits per heavy atom. The molecule has 0 spiro atoms. The van der Waals surface area contributed by atoms with Crippen LogP contribution in [0.2, 0.25) is 0 Å². The molecule has 0 atom stereocenters. The third-order valence-corrected chi connectivity index (χ3v) is 3.26. The van der Waals surface area contributed by atoms with E-state index in [0.717, 1.165) is 0 Å². The molecular formula is C12H18Ru. The molecule has 0 bridgehead atoms. The molecule has 0 aromatic rings. The first kappa shape index (κ1) is 12.6. The summed E-state index contributed by atoms with van der Waals surface area (Å²) in [4.78, 5) is 0. The van der Waals surface area contributed by atoms with E-state index < -0.39 is 0 Å². The van der Waals surface area contributed by atoms with Crippen molar-refractivity contribution < 1.29 is 17.1 Å². The molecule has 0 aliphatic carbocycles. The predicted molar refractivity (Wildman–Crippen MR) is 57.1 cm³/mol. The first-order valence-corrected chi connectivity index (χ1v) is 6.16. The Balaban J connectivity index is 4.12. The van der Waals surface area contributed by atoms with Gasteiger partial charge in [0.15, 0.2) is 0 Å². The molecule has 0 fully saturated rings. The van der Waals surface area contributed by atoms with Gasteiger partial charge in [0.05, 0.1) is 0 Å². The molecule has 0 aromatic carbocycles. The van der Waals surface area contributed by atoms with Crippen LogP contribution < -0.4 is 0 Å². The van der Waals surface area contributed by atoms with Crippen molar-refractivity contribution in [2.45, 2.75) is 27.7 Å². The van der Waals surface area contributed by atoms with Gasteiger partial charge in [0.25, 0.3) is 0 Å². The molecule has 0 unspecified atom stereocenters. The van der Waals surface area contributed by atoms with Gasteiger partial charge in [-0.1, -0.05) is 0 Å². The van der Waals surface area contributed by atoms with Crippen molar-refractivity contribution >= 4 is 0 Å². The van der Waals surface area contributed by atoms with Crippen molar-refractivity contribution in [2.24, 2.45) is 0 Å². The van der Waals surface area contributed by atoms with Gasteiger partial charge in [0.2, 0.25) is 0 Å². The first-order chi connectivity index (χ1) is 6.20. The van der Waals surface area contributed by atoms with Crippen LogP contribution in [0.5, 0.6) is 0 Å². The number of hydrogen-bond acceptors (Lipinski definition) is 0. The van der Waals surface area contributed by atoms with Gasteiger partial charge in [-0.05, 0) is 0 Å². The third-order valence-electron chi connectivity index (χ3n) is 1.31. The van der Waals surface area contributed by atoms with Gasteiger partial charge >= 0.3 is 89.6 Å². The molecule has 0 heterocycles. The first-order valence-electron chi connectivity index (χ1n) is 4.42. The van der Waals surface area contributed by atoms with Crippen molar-refractivity contribution in [3.8, 4) is 0 Å². The second kappa shape index (κ2) is 8.19. The fraction of sp³-hybridized carbons (Fsp3) is 0.333. The van der Waals surface area contributed by atoms with Crippen LogP contribution in [0.3, 0.4) is 0 Å². The quantitative estimate of drug-likeness (QED) is 0.530. The summed E-state index contributed by atoms with van der Waals surface area (Å²) in [6.07, 6.45) is 12.7. The summed E-state index contributed by atoms with van der Waals surface area (Å²) < 4.78 is 2.98. The predicted octanol–water partition coefficient (Wildman–Crippen LogP) is 4.03. The molecule has 0 aromatic heterocycles. The normalized spacial score (nSPS) is 15.1. The molecule has 0 amide bonds. The maximum absolute atomic E-state index is 2.20. The molecule has 0 rings (SSSR count). The van der Waals surface area contributed by atoms with Gasteiger partial charge in [-0.15, -0.1) is 0 Å². The molecule has 74 valence electrons. The maximum atomic E-state index is 2.20. The Hall–Kier alpha value is -0.417. The van der Waals surface area contributed by atoms with E-state index in [1.54, 1.807) is 0 Å². The molecule has 0 aliphatic rings. The van der Waals surface area contributed by atoms with E-state index in [9.17, 15) is 0 Å². The average molecular weight is 263 g/mol. The molecular weight excluding hydrogens is 245 g/mol. The molecule has 0 aliphatic heterocycles. The summed E-state index contributed by atoms with van der Waals surface area (Å²) in [6.45, 7) is 8.49. The zero-order chi connectivity index (χ0) is 10.1. The van der Waals surface area contributed by atoms with Crippen molar-refractivity contribution in [3.63, 3.8) is 0 Å². The standard InChI is InChI=1S/2C6H9.Ru/c2*1-3-5-6-4-2;/h2*3,5-6H,1-2H3;. The van der Waals surface area contributed by atoms with E-state index in [2.05, 4.69) is 50.3 Å². The molecule has 0 saturated heterocycles. The Kier molecular flexibility index (Phi) is 7.93. The molecule has 0 saturated carbocycles. The van der Waals surface area contributed by atoms with Crippen LogP contribution in [0.15, 0.2) is 44.8 Å². The van der Waals surface area contributed by atoms with Crippen LogP contribution in [-0.2, 0) is 17.1 Å². The number of allylic oxidation sites excluding steroid dienone is 8. The van der Waals surface area contributed by atoms with Crippen LogP contribution in [-0.4, -0.2) is 0 Å². The molecule has 13 heavy (non-hydrogen) atoms. The van der Waals surface area contributed by atoms with Crippen LogP contribution in [0.25, 0.3) is 0 Å². The fourth-order valence-electron chi connectivity index (χ4n) is 0.732. The summed E-state index contributed by atoms with van der Waals surface area (Å²) in [7, 11) is 0.